The van der Waals surface area contributed by atoms with Gasteiger partial charge in [0, 0.05) is 17.7 Å². The molecule has 0 saturated carbocycles. The highest BCUT2D eigenvalue weighted by atomic mass is 35.5. The van der Waals surface area contributed by atoms with E-state index in [0.29, 0.717) is 28.5 Å². The Kier molecular flexibility index (Phi) is 5.70. The van der Waals surface area contributed by atoms with Gasteiger partial charge in [-0.05, 0) is 48.2 Å². The second-order valence-corrected chi connectivity index (χ2v) is 9.96. The molecule has 2 aromatic carbocycles. The minimum Gasteiger partial charge on any atom is -0.467 e. The van der Waals surface area contributed by atoms with E-state index in [9.17, 15) is 9.59 Å². The van der Waals surface area contributed by atoms with E-state index in [1.165, 1.54) is 0 Å². The van der Waals surface area contributed by atoms with Crippen LogP contribution in [0.4, 0.5) is 17.1 Å². The van der Waals surface area contributed by atoms with Gasteiger partial charge in [0.05, 0.1) is 34.9 Å². The fourth-order valence-corrected chi connectivity index (χ4v) is 5.06. The highest BCUT2D eigenvalue weighted by Gasteiger charge is 2.42. The molecule has 174 valence electrons. The number of amides is 1. The minimum absolute atomic E-state index is 0.00271. The number of benzene rings is 2. The number of Topliss-reactive ketones (excluding diaryl/α,β-unsaturated/α-hetero) is 1. The molecule has 1 aliphatic heterocycles. The molecule has 3 aromatic rings. The van der Waals surface area contributed by atoms with E-state index in [4.69, 9.17) is 16.0 Å². The van der Waals surface area contributed by atoms with Crippen molar-refractivity contribution in [2.24, 2.45) is 5.41 Å². The molecule has 34 heavy (non-hydrogen) atoms. The van der Waals surface area contributed by atoms with Gasteiger partial charge in [-0.3, -0.25) is 9.59 Å². The lowest BCUT2D eigenvalue weighted by molar-refractivity contribution is -0.119. The van der Waals surface area contributed by atoms with Crippen molar-refractivity contribution in [3.8, 4) is 0 Å². The van der Waals surface area contributed by atoms with Gasteiger partial charge in [0.25, 0.3) is 0 Å². The lowest BCUT2D eigenvalue weighted by Gasteiger charge is -2.36. The van der Waals surface area contributed by atoms with Crippen molar-refractivity contribution in [2.75, 3.05) is 22.1 Å². The Labute approximate surface area is 203 Å². The van der Waals surface area contributed by atoms with Crippen LogP contribution in [0.25, 0.3) is 0 Å². The molecule has 0 radical (unpaired) electrons. The number of nitrogens with one attached hydrogen (secondary N) is 2. The first-order valence-electron chi connectivity index (χ1n) is 11.3. The number of furan rings is 1. The van der Waals surface area contributed by atoms with Crippen molar-refractivity contribution in [3.05, 3.63) is 89.0 Å². The Morgan fingerprint density at radius 1 is 1.12 bits per heavy atom. The van der Waals surface area contributed by atoms with E-state index in [2.05, 4.69) is 24.5 Å². The van der Waals surface area contributed by atoms with Crippen LogP contribution in [0.5, 0.6) is 0 Å². The Balaban J connectivity index is 1.61. The van der Waals surface area contributed by atoms with E-state index in [-0.39, 0.29) is 23.7 Å². The highest BCUT2D eigenvalue weighted by Crippen LogP contribution is 2.48. The topological polar surface area (TPSA) is 74.6 Å². The normalized spacial score (nSPS) is 19.1. The smallest absolute Gasteiger partial charge is 0.243 e. The summed E-state index contributed by atoms with van der Waals surface area (Å²) in [7, 11) is 0. The van der Waals surface area contributed by atoms with Crippen LogP contribution in [0.15, 0.2) is 82.6 Å². The number of carbonyl (C=O) groups is 2. The second-order valence-electron chi connectivity index (χ2n) is 9.55. The lowest BCUT2D eigenvalue weighted by atomic mass is 9.74. The molecule has 1 unspecified atom stereocenters. The number of rotatable bonds is 4. The maximum absolute atomic E-state index is 13.5. The van der Waals surface area contributed by atoms with E-state index < -0.39 is 6.04 Å². The van der Waals surface area contributed by atoms with Gasteiger partial charge >= 0.3 is 0 Å². The quantitative estimate of drug-likeness (QED) is 0.470. The first kappa shape index (κ1) is 22.3. The van der Waals surface area contributed by atoms with Gasteiger partial charge in [-0.25, -0.2) is 0 Å². The Bertz CT molecular complexity index is 1280. The molecular formula is C27H26ClN3O3. The lowest BCUT2D eigenvalue weighted by Crippen LogP contribution is -2.40. The average molecular weight is 476 g/mol. The number of anilines is 3. The van der Waals surface area contributed by atoms with Crippen LogP contribution in [0.2, 0.25) is 5.02 Å². The zero-order chi connectivity index (χ0) is 23.9. The number of carbonyl (C=O) groups excluding carboxylic acids is 2. The van der Waals surface area contributed by atoms with Crippen molar-refractivity contribution in [2.45, 2.75) is 32.7 Å². The monoisotopic (exact) mass is 475 g/mol. The third kappa shape index (κ3) is 4.21. The molecule has 0 bridgehead atoms. The summed E-state index contributed by atoms with van der Waals surface area (Å²) in [6.45, 7) is 4.20. The van der Waals surface area contributed by atoms with E-state index in [1.54, 1.807) is 24.5 Å². The standard InChI is InChI=1S/C27H26ClN3O3/c1-27(2)14-20-25(22(32)15-27)26(23-12-7-13-34-23)31(21-11-6-5-10-19(21)29-20)16-24(33)30-18-9-4-3-8-17(18)28/h3-13,26,29H,14-16H2,1-2H3,(H,30,33). The zero-order valence-corrected chi connectivity index (χ0v) is 19.9. The van der Waals surface area contributed by atoms with Crippen molar-refractivity contribution in [3.63, 3.8) is 0 Å². The molecule has 1 atom stereocenters. The maximum Gasteiger partial charge on any atom is 0.243 e. The van der Waals surface area contributed by atoms with Gasteiger partial charge in [-0.15, -0.1) is 0 Å². The molecular weight excluding hydrogens is 450 g/mol. The van der Waals surface area contributed by atoms with Gasteiger partial charge in [-0.2, -0.15) is 0 Å². The molecule has 2 aliphatic rings. The molecule has 5 rings (SSSR count). The number of halogens is 1. The molecule has 1 amide bonds. The zero-order valence-electron chi connectivity index (χ0n) is 19.1. The summed E-state index contributed by atoms with van der Waals surface area (Å²) in [6.07, 6.45) is 2.75. The van der Waals surface area contributed by atoms with Crippen molar-refractivity contribution < 1.29 is 14.0 Å². The minimum atomic E-state index is -0.540. The predicted octanol–water partition coefficient (Wildman–Crippen LogP) is 6.19. The third-order valence-electron chi connectivity index (χ3n) is 6.28. The largest absolute Gasteiger partial charge is 0.467 e. The average Bonchev–Trinajstić information content (AvgIpc) is 3.27. The Morgan fingerprint density at radius 2 is 1.88 bits per heavy atom. The Hall–Kier alpha value is -3.51. The van der Waals surface area contributed by atoms with E-state index >= 15 is 0 Å². The number of hydrogen-bond donors (Lipinski definition) is 2. The molecule has 1 aromatic heterocycles. The summed E-state index contributed by atoms with van der Waals surface area (Å²) in [5.74, 6) is 0.432. The highest BCUT2D eigenvalue weighted by molar-refractivity contribution is 6.33. The number of allylic oxidation sites excluding steroid dienone is 1. The third-order valence-corrected chi connectivity index (χ3v) is 6.61. The number of nitrogens with zero attached hydrogens (tertiary/aromatic N) is 1. The molecule has 7 heteroatoms. The van der Waals surface area contributed by atoms with Gasteiger partial charge in [-0.1, -0.05) is 49.7 Å². The summed E-state index contributed by atoms with van der Waals surface area (Å²) in [5.41, 5.74) is 3.57. The number of ketones is 1. The Morgan fingerprint density at radius 3 is 2.65 bits per heavy atom. The molecule has 1 aliphatic carbocycles. The second kappa shape index (κ2) is 8.69. The van der Waals surface area contributed by atoms with Crippen LogP contribution < -0.4 is 15.5 Å². The molecule has 6 nitrogen and oxygen atoms in total. The van der Waals surface area contributed by atoms with Crippen LogP contribution in [-0.2, 0) is 9.59 Å². The van der Waals surface area contributed by atoms with Crippen molar-refractivity contribution in [1.29, 1.82) is 0 Å². The molecule has 0 spiro atoms. The summed E-state index contributed by atoms with van der Waals surface area (Å²) < 4.78 is 5.83. The SMILES string of the molecule is CC1(C)CC(=O)C2=C(C1)Nc1ccccc1N(CC(=O)Nc1ccccc1Cl)C2c1ccco1. The predicted molar refractivity (Wildman–Crippen MR) is 134 cm³/mol. The molecule has 2 heterocycles. The fraction of sp³-hybridized carbons (Fsp3) is 0.259. The van der Waals surface area contributed by atoms with E-state index in [1.807, 2.05) is 47.4 Å². The van der Waals surface area contributed by atoms with Crippen LogP contribution in [0.1, 0.15) is 38.5 Å². The van der Waals surface area contributed by atoms with Crippen LogP contribution in [0.3, 0.4) is 0 Å². The summed E-state index contributed by atoms with van der Waals surface area (Å²) in [5, 5.41) is 6.89. The van der Waals surface area contributed by atoms with Crippen molar-refractivity contribution in [1.82, 2.24) is 0 Å². The summed E-state index contributed by atoms with van der Waals surface area (Å²) in [6, 6.07) is 18.0. The number of para-hydroxylation sites is 3. The fourth-order valence-electron chi connectivity index (χ4n) is 4.88. The number of hydrogen-bond acceptors (Lipinski definition) is 5. The van der Waals surface area contributed by atoms with Gasteiger partial charge in [0.2, 0.25) is 5.91 Å². The summed E-state index contributed by atoms with van der Waals surface area (Å²) >= 11 is 6.26. The van der Waals surface area contributed by atoms with Crippen LogP contribution in [0, 0.1) is 5.41 Å². The maximum atomic E-state index is 13.5. The molecule has 0 fully saturated rings. The first-order valence-corrected chi connectivity index (χ1v) is 11.7. The van der Waals surface area contributed by atoms with E-state index in [0.717, 1.165) is 23.5 Å². The van der Waals surface area contributed by atoms with Gasteiger partial charge < -0.3 is 20.0 Å². The van der Waals surface area contributed by atoms with Gasteiger partial charge in [0.1, 0.15) is 11.8 Å². The molecule has 2 N–H and O–H groups in total. The van der Waals surface area contributed by atoms with Gasteiger partial charge in [0.15, 0.2) is 5.78 Å². The summed E-state index contributed by atoms with van der Waals surface area (Å²) in [4.78, 5) is 28.7. The van der Waals surface area contributed by atoms with Crippen LogP contribution in [-0.4, -0.2) is 18.2 Å². The van der Waals surface area contributed by atoms with Crippen molar-refractivity contribution >= 4 is 40.4 Å². The van der Waals surface area contributed by atoms with Crippen LogP contribution >= 0.6 is 11.6 Å². The molecule has 0 saturated heterocycles. The first-order chi connectivity index (χ1) is 16.3. The number of fused-ring (bicyclic) bond motifs is 1.